The quantitative estimate of drug-likeness (QED) is 0.542. The number of hydrazine groups is 1. The van der Waals surface area contributed by atoms with Crippen LogP contribution in [0.4, 0.5) is 4.79 Å². The zero-order valence-electron chi connectivity index (χ0n) is 14.9. The second kappa shape index (κ2) is 7.02. The highest BCUT2D eigenvalue weighted by molar-refractivity contribution is 6.06. The number of para-hydroxylation sites is 1. The molecule has 2 aromatic rings. The summed E-state index contributed by atoms with van der Waals surface area (Å²) < 4.78 is 0. The lowest BCUT2D eigenvalue weighted by Crippen LogP contribution is -2.44. The molecule has 0 aliphatic carbocycles. The molecule has 0 bridgehead atoms. The molecule has 0 saturated carbocycles. The summed E-state index contributed by atoms with van der Waals surface area (Å²) in [6.45, 7) is 3.10. The predicted octanol–water partition coefficient (Wildman–Crippen LogP) is 0.716. The van der Waals surface area contributed by atoms with Gasteiger partial charge in [-0.25, -0.2) is 9.78 Å². The van der Waals surface area contributed by atoms with Gasteiger partial charge in [-0.15, -0.1) is 0 Å². The molecule has 1 aromatic heterocycles. The van der Waals surface area contributed by atoms with Crippen LogP contribution in [0.5, 0.6) is 0 Å². The average molecular weight is 369 g/mol. The van der Waals surface area contributed by atoms with Crippen molar-refractivity contribution in [2.75, 3.05) is 6.54 Å². The van der Waals surface area contributed by atoms with Crippen molar-refractivity contribution in [2.45, 2.75) is 25.8 Å². The summed E-state index contributed by atoms with van der Waals surface area (Å²) >= 11 is 0. The topological polar surface area (TPSA) is 120 Å². The summed E-state index contributed by atoms with van der Waals surface area (Å²) in [5, 5.41) is 3.43. The van der Waals surface area contributed by atoms with Crippen molar-refractivity contribution in [1.29, 1.82) is 0 Å². The number of carbonyl (C=O) groups excluding carboxylic acids is 4. The molecular formula is C18H19N5O4. The Labute approximate surface area is 155 Å². The molecule has 9 heteroatoms. The lowest BCUT2D eigenvalue weighted by atomic mass is 10.1. The first-order chi connectivity index (χ1) is 12.8. The number of rotatable bonds is 4. The maximum Gasteiger partial charge on any atom is 0.325 e. The summed E-state index contributed by atoms with van der Waals surface area (Å²) in [4.78, 5) is 53.0. The minimum atomic E-state index is -0.983. The van der Waals surface area contributed by atoms with Crippen LogP contribution < -0.4 is 16.2 Å². The number of fused-ring (bicyclic) bond motifs is 1. The zero-order chi connectivity index (χ0) is 19.6. The monoisotopic (exact) mass is 369 g/mol. The van der Waals surface area contributed by atoms with Crippen LogP contribution in [0.1, 0.15) is 30.8 Å². The third-order valence-corrected chi connectivity index (χ3v) is 4.15. The van der Waals surface area contributed by atoms with Gasteiger partial charge in [0.15, 0.2) is 0 Å². The summed E-state index contributed by atoms with van der Waals surface area (Å²) in [6.07, 6.45) is -0.138. The molecule has 3 N–H and O–H groups in total. The number of hydrogen-bond acceptors (Lipinski definition) is 5. The van der Waals surface area contributed by atoms with Gasteiger partial charge in [-0.3, -0.25) is 30.1 Å². The van der Waals surface area contributed by atoms with E-state index >= 15 is 0 Å². The van der Waals surface area contributed by atoms with Crippen LogP contribution in [0.2, 0.25) is 0 Å². The first kappa shape index (κ1) is 18.3. The first-order valence-corrected chi connectivity index (χ1v) is 8.37. The number of urea groups is 1. The van der Waals surface area contributed by atoms with Crippen molar-refractivity contribution in [3.8, 4) is 0 Å². The van der Waals surface area contributed by atoms with Crippen molar-refractivity contribution in [2.24, 2.45) is 0 Å². The molecule has 3 rings (SSSR count). The summed E-state index contributed by atoms with van der Waals surface area (Å²) in [6, 6.07) is 10.1. The van der Waals surface area contributed by atoms with E-state index in [4.69, 9.17) is 0 Å². The molecule has 1 saturated heterocycles. The predicted molar refractivity (Wildman–Crippen MR) is 96.3 cm³/mol. The molecule has 2 heterocycles. The van der Waals surface area contributed by atoms with Crippen LogP contribution >= 0.6 is 0 Å². The van der Waals surface area contributed by atoms with Crippen LogP contribution in [0, 0.1) is 0 Å². The summed E-state index contributed by atoms with van der Waals surface area (Å²) in [5.74, 6) is -1.50. The second-order valence-corrected chi connectivity index (χ2v) is 6.65. The molecule has 1 fully saturated rings. The van der Waals surface area contributed by atoms with Crippen molar-refractivity contribution in [1.82, 2.24) is 26.1 Å². The number of benzene rings is 1. The van der Waals surface area contributed by atoms with Gasteiger partial charge in [-0.05, 0) is 26.0 Å². The van der Waals surface area contributed by atoms with Crippen molar-refractivity contribution < 1.29 is 19.2 Å². The van der Waals surface area contributed by atoms with Gasteiger partial charge >= 0.3 is 6.03 Å². The van der Waals surface area contributed by atoms with Gasteiger partial charge in [0.1, 0.15) is 11.2 Å². The van der Waals surface area contributed by atoms with E-state index in [-0.39, 0.29) is 18.7 Å². The van der Waals surface area contributed by atoms with Gasteiger partial charge in [0.05, 0.1) is 5.52 Å². The van der Waals surface area contributed by atoms with E-state index in [1.165, 1.54) is 0 Å². The van der Waals surface area contributed by atoms with E-state index in [0.29, 0.717) is 5.52 Å². The Morgan fingerprint density at radius 3 is 2.56 bits per heavy atom. The van der Waals surface area contributed by atoms with Crippen molar-refractivity contribution >= 4 is 34.7 Å². The number of hydrogen-bond donors (Lipinski definition) is 3. The Bertz CT molecular complexity index is 940. The molecule has 27 heavy (non-hydrogen) atoms. The molecule has 140 valence electrons. The van der Waals surface area contributed by atoms with E-state index in [1.54, 1.807) is 32.0 Å². The average Bonchev–Trinajstić information content (AvgIpc) is 2.84. The second-order valence-electron chi connectivity index (χ2n) is 6.65. The van der Waals surface area contributed by atoms with Crippen LogP contribution in [0.3, 0.4) is 0 Å². The smallest absolute Gasteiger partial charge is 0.324 e. The fraction of sp³-hybridized carbons (Fsp3) is 0.278. The highest BCUT2D eigenvalue weighted by Crippen LogP contribution is 2.16. The molecule has 0 unspecified atom stereocenters. The lowest BCUT2D eigenvalue weighted by Gasteiger charge is -2.15. The maximum atomic E-state index is 12.1. The fourth-order valence-electron chi connectivity index (χ4n) is 2.68. The van der Waals surface area contributed by atoms with Crippen LogP contribution in [0.15, 0.2) is 36.4 Å². The normalized spacial score (nSPS) is 15.6. The molecule has 0 spiro atoms. The number of amides is 5. The highest BCUT2D eigenvalue weighted by Gasteiger charge is 2.43. The minimum absolute atomic E-state index is 0.0793. The highest BCUT2D eigenvalue weighted by atomic mass is 16.2. The van der Waals surface area contributed by atoms with Crippen LogP contribution in [-0.4, -0.2) is 45.7 Å². The molecule has 0 radical (unpaired) electrons. The lowest BCUT2D eigenvalue weighted by molar-refractivity contribution is -0.130. The van der Waals surface area contributed by atoms with E-state index in [1.807, 2.05) is 18.2 Å². The van der Waals surface area contributed by atoms with E-state index in [9.17, 15) is 19.2 Å². The third kappa shape index (κ3) is 3.86. The van der Waals surface area contributed by atoms with Gasteiger partial charge in [0, 0.05) is 18.4 Å². The van der Waals surface area contributed by atoms with Crippen LogP contribution in [-0.2, 0) is 9.59 Å². The van der Waals surface area contributed by atoms with Crippen molar-refractivity contribution in [3.63, 3.8) is 0 Å². The third-order valence-electron chi connectivity index (χ3n) is 4.15. The van der Waals surface area contributed by atoms with Crippen molar-refractivity contribution in [3.05, 3.63) is 42.1 Å². The van der Waals surface area contributed by atoms with E-state index < -0.39 is 29.3 Å². The Kier molecular flexibility index (Phi) is 4.76. The van der Waals surface area contributed by atoms with Gasteiger partial charge < -0.3 is 5.32 Å². The Balaban J connectivity index is 1.52. The Morgan fingerprint density at radius 2 is 1.85 bits per heavy atom. The zero-order valence-corrected chi connectivity index (χ0v) is 14.9. The van der Waals surface area contributed by atoms with E-state index in [2.05, 4.69) is 21.2 Å². The van der Waals surface area contributed by atoms with Gasteiger partial charge in [0.2, 0.25) is 5.91 Å². The molecule has 1 aliphatic rings. The summed E-state index contributed by atoms with van der Waals surface area (Å²) in [7, 11) is 0. The first-order valence-electron chi connectivity index (χ1n) is 8.37. The van der Waals surface area contributed by atoms with Crippen LogP contribution in [0.25, 0.3) is 10.9 Å². The molecule has 5 amide bonds. The number of nitrogens with one attached hydrogen (secondary N) is 3. The number of pyridine rings is 1. The summed E-state index contributed by atoms with van der Waals surface area (Å²) in [5.41, 5.74) is 4.37. The standard InChI is InChI=1S/C18H19N5O4/c1-18(2)16(26)23(17(27)20-18)10-9-14(24)21-22-15(25)13-8-7-11-5-3-4-6-12(11)19-13/h3-8H,9-10H2,1-2H3,(H,20,27)(H,21,24)(H,22,25). The molecule has 1 aliphatic heterocycles. The number of nitrogens with zero attached hydrogens (tertiary/aromatic N) is 2. The maximum absolute atomic E-state index is 12.1. The molecular weight excluding hydrogens is 350 g/mol. The van der Waals surface area contributed by atoms with Gasteiger partial charge in [0.25, 0.3) is 11.8 Å². The Hall–Kier alpha value is -3.49. The number of aromatic nitrogens is 1. The molecule has 9 nitrogen and oxygen atoms in total. The van der Waals surface area contributed by atoms with Gasteiger partial charge in [-0.2, -0.15) is 0 Å². The van der Waals surface area contributed by atoms with E-state index in [0.717, 1.165) is 10.3 Å². The Morgan fingerprint density at radius 1 is 1.11 bits per heavy atom. The SMILES string of the molecule is CC1(C)NC(=O)N(CCC(=O)NNC(=O)c2ccc3ccccc3n2)C1=O. The minimum Gasteiger partial charge on any atom is -0.324 e. The fourth-order valence-corrected chi connectivity index (χ4v) is 2.68. The number of imide groups is 1. The van der Waals surface area contributed by atoms with Gasteiger partial charge in [-0.1, -0.05) is 24.3 Å². The molecule has 0 atom stereocenters. The molecule has 1 aromatic carbocycles. The number of carbonyl (C=O) groups is 4. The largest absolute Gasteiger partial charge is 0.325 e.